The number of hydrogen-bond acceptors (Lipinski definition) is 4. The minimum absolute atomic E-state index is 0.0140. The van der Waals surface area contributed by atoms with E-state index in [0.717, 1.165) is 31.4 Å². The van der Waals surface area contributed by atoms with E-state index in [9.17, 15) is 9.59 Å². The summed E-state index contributed by atoms with van der Waals surface area (Å²) < 4.78 is 0. The summed E-state index contributed by atoms with van der Waals surface area (Å²) in [7, 11) is 0. The van der Waals surface area contributed by atoms with Crippen LogP contribution >= 0.6 is 0 Å². The molecule has 1 spiro atoms. The van der Waals surface area contributed by atoms with Crippen molar-refractivity contribution in [1.82, 2.24) is 20.0 Å². The third kappa shape index (κ3) is 2.92. The van der Waals surface area contributed by atoms with Crippen LogP contribution in [0.1, 0.15) is 48.7 Å². The zero-order chi connectivity index (χ0) is 17.2. The van der Waals surface area contributed by atoms with Crippen molar-refractivity contribution in [2.75, 3.05) is 32.8 Å². The van der Waals surface area contributed by atoms with E-state index in [4.69, 9.17) is 5.11 Å². The van der Waals surface area contributed by atoms with Gasteiger partial charge in [-0.2, -0.15) is 5.10 Å². The lowest BCUT2D eigenvalue weighted by molar-refractivity contribution is -0.146. The monoisotopic (exact) mass is 334 g/mol. The Kier molecular flexibility index (Phi) is 4.89. The number of nitrogens with one attached hydrogen (secondary N) is 1. The van der Waals surface area contributed by atoms with Gasteiger partial charge < -0.3 is 14.9 Å². The maximum Gasteiger partial charge on any atom is 0.257 e. The van der Waals surface area contributed by atoms with E-state index < -0.39 is 5.41 Å². The fraction of sp³-hybridized carbons (Fsp3) is 0.706. The molecule has 0 radical (unpaired) electrons. The number of β-amino-alcohol motifs (C(OH)–C–C–N with tert-alkyl or cyclic N) is 1. The number of aliphatic hydroxyl groups is 1. The Morgan fingerprint density at radius 3 is 3.00 bits per heavy atom. The van der Waals surface area contributed by atoms with E-state index in [1.165, 1.54) is 0 Å². The molecule has 0 saturated carbocycles. The highest BCUT2D eigenvalue weighted by molar-refractivity contribution is 5.96. The van der Waals surface area contributed by atoms with Gasteiger partial charge >= 0.3 is 0 Å². The van der Waals surface area contributed by atoms with Crippen molar-refractivity contribution in [3.63, 3.8) is 0 Å². The molecule has 1 aromatic heterocycles. The minimum atomic E-state index is -0.461. The molecule has 2 aliphatic heterocycles. The van der Waals surface area contributed by atoms with Gasteiger partial charge in [0.25, 0.3) is 5.91 Å². The van der Waals surface area contributed by atoms with Crippen LogP contribution in [-0.4, -0.2) is 69.7 Å². The number of aryl methyl sites for hydroxylation is 1. The van der Waals surface area contributed by atoms with Crippen LogP contribution < -0.4 is 0 Å². The molecule has 2 aliphatic rings. The molecule has 2 amide bonds. The lowest BCUT2D eigenvalue weighted by Crippen LogP contribution is -2.51. The van der Waals surface area contributed by atoms with Gasteiger partial charge in [0.2, 0.25) is 5.91 Å². The molecular formula is C17H26N4O3. The number of aromatic nitrogens is 2. The SMILES string of the molecule is CCCc1[nH]ncc1C(=O)N1CCC2(CCCN(CCO)C2=O)C1. The zero-order valence-electron chi connectivity index (χ0n) is 14.3. The summed E-state index contributed by atoms with van der Waals surface area (Å²) in [5.74, 6) is 0.0650. The van der Waals surface area contributed by atoms with E-state index in [1.54, 1.807) is 16.0 Å². The van der Waals surface area contributed by atoms with Gasteiger partial charge in [-0.3, -0.25) is 14.7 Å². The second kappa shape index (κ2) is 6.93. The number of carbonyl (C=O) groups excluding carboxylic acids is 2. The number of rotatable bonds is 5. The van der Waals surface area contributed by atoms with Crippen LogP contribution in [0.15, 0.2) is 6.20 Å². The first-order chi connectivity index (χ1) is 11.6. The third-order valence-corrected chi connectivity index (χ3v) is 5.28. The number of piperidine rings is 1. The van der Waals surface area contributed by atoms with Crippen LogP contribution in [0.5, 0.6) is 0 Å². The molecule has 0 aliphatic carbocycles. The molecule has 7 heteroatoms. The van der Waals surface area contributed by atoms with Crippen molar-refractivity contribution in [1.29, 1.82) is 0 Å². The number of aromatic amines is 1. The van der Waals surface area contributed by atoms with Crippen molar-refractivity contribution in [3.8, 4) is 0 Å². The van der Waals surface area contributed by atoms with Crippen LogP contribution in [0.25, 0.3) is 0 Å². The van der Waals surface area contributed by atoms with E-state index in [-0.39, 0.29) is 18.4 Å². The Labute approximate surface area is 142 Å². The van der Waals surface area contributed by atoms with Crippen molar-refractivity contribution >= 4 is 11.8 Å². The van der Waals surface area contributed by atoms with Crippen molar-refractivity contribution in [2.45, 2.75) is 39.0 Å². The van der Waals surface area contributed by atoms with Gasteiger partial charge in [0.05, 0.1) is 23.8 Å². The van der Waals surface area contributed by atoms with Gasteiger partial charge in [-0.1, -0.05) is 13.3 Å². The number of nitrogens with zero attached hydrogens (tertiary/aromatic N) is 3. The fourth-order valence-electron chi connectivity index (χ4n) is 4.02. The Bertz CT molecular complexity index is 613. The Morgan fingerprint density at radius 1 is 1.42 bits per heavy atom. The Hall–Kier alpha value is -1.89. The lowest BCUT2D eigenvalue weighted by atomic mass is 9.78. The molecule has 3 rings (SSSR count). The van der Waals surface area contributed by atoms with Crippen molar-refractivity contribution < 1.29 is 14.7 Å². The highest BCUT2D eigenvalue weighted by Crippen LogP contribution is 2.40. The first-order valence-electron chi connectivity index (χ1n) is 8.83. The third-order valence-electron chi connectivity index (χ3n) is 5.28. The predicted octanol–water partition coefficient (Wildman–Crippen LogP) is 0.809. The molecule has 0 bridgehead atoms. The number of carbonyl (C=O) groups is 2. The van der Waals surface area contributed by atoms with Crippen molar-refractivity contribution in [2.24, 2.45) is 5.41 Å². The van der Waals surface area contributed by atoms with Crippen LogP contribution in [0.4, 0.5) is 0 Å². The van der Waals surface area contributed by atoms with Gasteiger partial charge in [0, 0.05) is 31.9 Å². The van der Waals surface area contributed by atoms with Crippen molar-refractivity contribution in [3.05, 3.63) is 17.5 Å². The number of H-pyrrole nitrogens is 1. The first-order valence-corrected chi connectivity index (χ1v) is 8.83. The van der Waals surface area contributed by atoms with Crippen LogP contribution in [0.2, 0.25) is 0 Å². The molecule has 24 heavy (non-hydrogen) atoms. The van der Waals surface area contributed by atoms with E-state index in [1.807, 2.05) is 0 Å². The average Bonchev–Trinajstić information content (AvgIpc) is 3.20. The molecule has 132 valence electrons. The second-order valence-electron chi connectivity index (χ2n) is 6.89. The number of aliphatic hydroxyl groups excluding tert-OH is 1. The topological polar surface area (TPSA) is 89.5 Å². The number of likely N-dealkylation sites (tertiary alicyclic amines) is 2. The molecule has 3 heterocycles. The molecule has 1 unspecified atom stereocenters. The van der Waals surface area contributed by atoms with Gasteiger partial charge in [-0.15, -0.1) is 0 Å². The maximum absolute atomic E-state index is 12.8. The molecular weight excluding hydrogens is 308 g/mol. The second-order valence-corrected chi connectivity index (χ2v) is 6.89. The lowest BCUT2D eigenvalue weighted by Gasteiger charge is -2.39. The van der Waals surface area contributed by atoms with Gasteiger partial charge in [-0.05, 0) is 25.7 Å². The summed E-state index contributed by atoms with van der Waals surface area (Å²) in [6.07, 6.45) is 5.80. The number of amides is 2. The van der Waals surface area contributed by atoms with E-state index in [2.05, 4.69) is 17.1 Å². The number of hydrogen-bond donors (Lipinski definition) is 2. The van der Waals surface area contributed by atoms with Crippen LogP contribution in [-0.2, 0) is 11.2 Å². The largest absolute Gasteiger partial charge is 0.395 e. The maximum atomic E-state index is 12.8. The first kappa shape index (κ1) is 17.0. The summed E-state index contributed by atoms with van der Waals surface area (Å²) in [6, 6.07) is 0. The van der Waals surface area contributed by atoms with Crippen LogP contribution in [0.3, 0.4) is 0 Å². The summed E-state index contributed by atoms with van der Waals surface area (Å²) >= 11 is 0. The Morgan fingerprint density at radius 2 is 2.25 bits per heavy atom. The molecule has 7 nitrogen and oxygen atoms in total. The van der Waals surface area contributed by atoms with E-state index >= 15 is 0 Å². The Balaban J connectivity index is 1.73. The molecule has 0 aromatic carbocycles. The van der Waals surface area contributed by atoms with Gasteiger partial charge in [0.1, 0.15) is 0 Å². The van der Waals surface area contributed by atoms with Gasteiger partial charge in [-0.25, -0.2) is 0 Å². The zero-order valence-corrected chi connectivity index (χ0v) is 14.3. The predicted molar refractivity (Wildman–Crippen MR) is 88.4 cm³/mol. The van der Waals surface area contributed by atoms with Gasteiger partial charge in [0.15, 0.2) is 0 Å². The highest BCUT2D eigenvalue weighted by Gasteiger charge is 2.49. The highest BCUT2D eigenvalue weighted by atomic mass is 16.3. The average molecular weight is 334 g/mol. The standard InChI is InChI=1S/C17H26N4O3/c1-2-4-14-13(11-18-19-14)15(23)21-8-6-17(12-21)5-3-7-20(9-10-22)16(17)24/h11,22H,2-10,12H2,1H3,(H,18,19). The molecule has 1 aromatic rings. The summed E-state index contributed by atoms with van der Waals surface area (Å²) in [5, 5.41) is 16.1. The molecule has 1 atom stereocenters. The summed E-state index contributed by atoms with van der Waals surface area (Å²) in [6.45, 7) is 4.22. The van der Waals surface area contributed by atoms with Crippen LogP contribution in [0, 0.1) is 5.41 Å². The molecule has 2 fully saturated rings. The smallest absolute Gasteiger partial charge is 0.257 e. The quantitative estimate of drug-likeness (QED) is 0.834. The normalized spacial score (nSPS) is 24.2. The summed E-state index contributed by atoms with van der Waals surface area (Å²) in [4.78, 5) is 29.2. The molecule has 2 N–H and O–H groups in total. The minimum Gasteiger partial charge on any atom is -0.395 e. The fourth-order valence-corrected chi connectivity index (χ4v) is 4.02. The molecule has 2 saturated heterocycles. The van der Waals surface area contributed by atoms with E-state index in [0.29, 0.717) is 38.2 Å². The summed E-state index contributed by atoms with van der Waals surface area (Å²) in [5.41, 5.74) is 1.04.